The van der Waals surface area contributed by atoms with E-state index in [4.69, 9.17) is 0 Å². The van der Waals surface area contributed by atoms with Crippen molar-refractivity contribution in [1.29, 1.82) is 0 Å². The second-order valence-corrected chi connectivity index (χ2v) is 7.21. The van der Waals surface area contributed by atoms with Crippen LogP contribution in [-0.2, 0) is 0 Å². The molecule has 1 saturated carbocycles. The molecule has 1 aliphatic rings. The normalized spacial score (nSPS) is 20.0. The van der Waals surface area contributed by atoms with Gasteiger partial charge in [-0.25, -0.2) is 0 Å². The molecule has 0 radical (unpaired) electrons. The van der Waals surface area contributed by atoms with Crippen LogP contribution >= 0.6 is 0 Å². The topological polar surface area (TPSA) is 15.3 Å². The van der Waals surface area contributed by atoms with Crippen LogP contribution in [0.25, 0.3) is 0 Å². The Labute approximate surface area is 115 Å². The van der Waals surface area contributed by atoms with E-state index in [2.05, 4.69) is 51.8 Å². The first-order valence-electron chi connectivity index (χ1n) is 7.86. The molecule has 0 bridgehead atoms. The maximum Gasteiger partial charge on any atom is 0.0246 e. The fourth-order valence-electron chi connectivity index (χ4n) is 3.15. The summed E-state index contributed by atoms with van der Waals surface area (Å²) in [6.07, 6.45) is 5.68. The molecule has 1 rings (SSSR count). The summed E-state index contributed by atoms with van der Waals surface area (Å²) in [6.45, 7) is 16.2. The third kappa shape index (κ3) is 4.89. The molecule has 108 valence electrons. The second kappa shape index (κ2) is 6.91. The van der Waals surface area contributed by atoms with E-state index in [1.807, 2.05) is 0 Å². The Kier molecular flexibility index (Phi) is 6.13. The first-order valence-corrected chi connectivity index (χ1v) is 7.86. The summed E-state index contributed by atoms with van der Waals surface area (Å²) in [5.41, 5.74) is 0.224. The van der Waals surface area contributed by atoms with Crippen molar-refractivity contribution in [2.24, 2.45) is 5.92 Å². The standard InChI is InChI=1S/C16H34N2/c1-7-18(14-10-8-9-11-14)15(13(2)3)12-17-16(4,5)6/h13-15,17H,7-12H2,1-6H3. The van der Waals surface area contributed by atoms with Gasteiger partial charge in [0.05, 0.1) is 0 Å². The van der Waals surface area contributed by atoms with Gasteiger partial charge in [-0.2, -0.15) is 0 Å². The van der Waals surface area contributed by atoms with Crippen LogP contribution in [0.5, 0.6) is 0 Å². The lowest BCUT2D eigenvalue weighted by Gasteiger charge is -2.39. The maximum absolute atomic E-state index is 3.70. The van der Waals surface area contributed by atoms with Gasteiger partial charge >= 0.3 is 0 Å². The molecular weight excluding hydrogens is 220 g/mol. The number of nitrogens with zero attached hydrogens (tertiary/aromatic N) is 1. The van der Waals surface area contributed by atoms with Crippen molar-refractivity contribution in [2.75, 3.05) is 13.1 Å². The average Bonchev–Trinajstić information content (AvgIpc) is 2.75. The Balaban J connectivity index is 2.62. The molecule has 0 aromatic heterocycles. The van der Waals surface area contributed by atoms with E-state index in [9.17, 15) is 0 Å². The zero-order valence-corrected chi connectivity index (χ0v) is 13.4. The van der Waals surface area contributed by atoms with Gasteiger partial charge in [0.1, 0.15) is 0 Å². The fraction of sp³-hybridized carbons (Fsp3) is 1.00. The largest absolute Gasteiger partial charge is 0.311 e. The van der Waals surface area contributed by atoms with E-state index in [1.165, 1.54) is 32.2 Å². The van der Waals surface area contributed by atoms with E-state index in [1.54, 1.807) is 0 Å². The molecule has 1 unspecified atom stereocenters. The molecular formula is C16H34N2. The van der Waals surface area contributed by atoms with Gasteiger partial charge in [-0.15, -0.1) is 0 Å². The molecule has 18 heavy (non-hydrogen) atoms. The van der Waals surface area contributed by atoms with Crippen molar-refractivity contribution in [2.45, 2.75) is 84.8 Å². The highest BCUT2D eigenvalue weighted by molar-refractivity contribution is 4.86. The number of nitrogens with one attached hydrogen (secondary N) is 1. The molecule has 0 aromatic rings. The van der Waals surface area contributed by atoms with E-state index in [-0.39, 0.29) is 5.54 Å². The zero-order valence-electron chi connectivity index (χ0n) is 13.4. The average molecular weight is 254 g/mol. The predicted molar refractivity (Wildman–Crippen MR) is 81.0 cm³/mol. The Morgan fingerprint density at radius 2 is 1.72 bits per heavy atom. The summed E-state index contributed by atoms with van der Waals surface area (Å²) in [7, 11) is 0. The van der Waals surface area contributed by atoms with E-state index >= 15 is 0 Å². The molecule has 0 spiro atoms. The molecule has 1 N–H and O–H groups in total. The third-order valence-electron chi connectivity index (χ3n) is 4.20. The fourth-order valence-corrected chi connectivity index (χ4v) is 3.15. The van der Waals surface area contributed by atoms with Crippen LogP contribution in [0.3, 0.4) is 0 Å². The molecule has 1 aliphatic carbocycles. The second-order valence-electron chi connectivity index (χ2n) is 7.21. The lowest BCUT2D eigenvalue weighted by Crippen LogP contribution is -2.52. The predicted octanol–water partition coefficient (Wildman–Crippen LogP) is 3.66. The first-order chi connectivity index (χ1) is 8.35. The molecule has 2 heteroatoms. The van der Waals surface area contributed by atoms with Gasteiger partial charge in [0.2, 0.25) is 0 Å². The van der Waals surface area contributed by atoms with Gasteiger partial charge in [0.25, 0.3) is 0 Å². The molecule has 1 fully saturated rings. The SMILES string of the molecule is CCN(C1CCCC1)C(CNC(C)(C)C)C(C)C. The van der Waals surface area contributed by atoms with Gasteiger partial charge < -0.3 is 5.32 Å². The van der Waals surface area contributed by atoms with E-state index in [0.717, 1.165) is 18.5 Å². The van der Waals surface area contributed by atoms with Gasteiger partial charge in [-0.05, 0) is 46.1 Å². The van der Waals surface area contributed by atoms with Crippen LogP contribution in [0.2, 0.25) is 0 Å². The van der Waals surface area contributed by atoms with Crippen LogP contribution in [-0.4, -0.2) is 35.6 Å². The van der Waals surface area contributed by atoms with Crippen molar-refractivity contribution >= 4 is 0 Å². The van der Waals surface area contributed by atoms with Crippen LogP contribution in [0.1, 0.15) is 67.2 Å². The minimum absolute atomic E-state index is 0.224. The van der Waals surface area contributed by atoms with Crippen LogP contribution in [0.4, 0.5) is 0 Å². The highest BCUT2D eigenvalue weighted by Gasteiger charge is 2.29. The third-order valence-corrected chi connectivity index (χ3v) is 4.20. The Hall–Kier alpha value is -0.0800. The van der Waals surface area contributed by atoms with Crippen LogP contribution in [0.15, 0.2) is 0 Å². The quantitative estimate of drug-likeness (QED) is 0.778. The van der Waals surface area contributed by atoms with Crippen molar-refractivity contribution in [3.8, 4) is 0 Å². The highest BCUT2D eigenvalue weighted by Crippen LogP contribution is 2.27. The highest BCUT2D eigenvalue weighted by atomic mass is 15.2. The zero-order chi connectivity index (χ0) is 13.8. The molecule has 0 amide bonds. The summed E-state index contributed by atoms with van der Waals surface area (Å²) < 4.78 is 0. The summed E-state index contributed by atoms with van der Waals surface area (Å²) >= 11 is 0. The lowest BCUT2D eigenvalue weighted by atomic mass is 9.98. The van der Waals surface area contributed by atoms with E-state index in [0.29, 0.717) is 6.04 Å². The van der Waals surface area contributed by atoms with Crippen molar-refractivity contribution in [3.63, 3.8) is 0 Å². The monoisotopic (exact) mass is 254 g/mol. The molecule has 0 heterocycles. The van der Waals surface area contributed by atoms with Gasteiger partial charge in [0, 0.05) is 24.2 Å². The van der Waals surface area contributed by atoms with Gasteiger partial charge in [-0.1, -0.05) is 33.6 Å². The number of hydrogen-bond acceptors (Lipinski definition) is 2. The molecule has 1 atom stereocenters. The summed E-state index contributed by atoms with van der Waals surface area (Å²) in [5, 5.41) is 3.70. The minimum atomic E-state index is 0.224. The summed E-state index contributed by atoms with van der Waals surface area (Å²) in [5.74, 6) is 0.723. The molecule has 2 nitrogen and oxygen atoms in total. The summed E-state index contributed by atoms with van der Waals surface area (Å²) in [6, 6.07) is 1.52. The number of hydrogen-bond donors (Lipinski definition) is 1. The lowest BCUT2D eigenvalue weighted by molar-refractivity contribution is 0.103. The Bertz CT molecular complexity index is 224. The molecule has 0 aromatic carbocycles. The van der Waals surface area contributed by atoms with Gasteiger partial charge in [0.15, 0.2) is 0 Å². The van der Waals surface area contributed by atoms with Crippen molar-refractivity contribution in [3.05, 3.63) is 0 Å². The van der Waals surface area contributed by atoms with E-state index < -0.39 is 0 Å². The Morgan fingerprint density at radius 1 is 1.17 bits per heavy atom. The van der Waals surface area contributed by atoms with Crippen LogP contribution < -0.4 is 5.32 Å². The van der Waals surface area contributed by atoms with Crippen molar-refractivity contribution < 1.29 is 0 Å². The first kappa shape index (κ1) is 16.0. The van der Waals surface area contributed by atoms with Crippen molar-refractivity contribution in [1.82, 2.24) is 10.2 Å². The molecule has 0 saturated heterocycles. The summed E-state index contributed by atoms with van der Waals surface area (Å²) in [4.78, 5) is 2.76. The Morgan fingerprint density at radius 3 is 2.11 bits per heavy atom. The molecule has 0 aliphatic heterocycles. The van der Waals surface area contributed by atoms with Crippen LogP contribution in [0, 0.1) is 5.92 Å². The smallest absolute Gasteiger partial charge is 0.0246 e. The number of rotatable bonds is 6. The maximum atomic E-state index is 3.70. The van der Waals surface area contributed by atoms with Gasteiger partial charge in [-0.3, -0.25) is 4.90 Å². The minimum Gasteiger partial charge on any atom is -0.311 e. The number of likely N-dealkylation sites (N-methyl/N-ethyl adjacent to an activating group) is 1.